The van der Waals surface area contributed by atoms with Gasteiger partial charge < -0.3 is 5.73 Å². The van der Waals surface area contributed by atoms with E-state index < -0.39 is 0 Å². The molecule has 0 amide bonds. The zero-order valence-corrected chi connectivity index (χ0v) is 7.66. The summed E-state index contributed by atoms with van der Waals surface area (Å²) in [6, 6.07) is 0. The molecule has 0 bridgehead atoms. The maximum Gasteiger partial charge on any atom is 0.0649 e. The highest BCUT2D eigenvalue weighted by Gasteiger charge is 2.19. The van der Waals surface area contributed by atoms with Gasteiger partial charge in [0.15, 0.2) is 0 Å². The molecular weight excluding hydrogens is 142 g/mol. The van der Waals surface area contributed by atoms with Crippen molar-refractivity contribution in [3.05, 3.63) is 10.6 Å². The number of rotatable bonds is 0. The van der Waals surface area contributed by atoms with Gasteiger partial charge in [0.2, 0.25) is 0 Å². The Labute approximate surface area is 67.1 Å². The third-order valence-electron chi connectivity index (χ3n) is 2.14. The third kappa shape index (κ3) is 1.48. The molecule has 0 aromatic heterocycles. The lowest BCUT2D eigenvalue weighted by Crippen LogP contribution is -2.16. The summed E-state index contributed by atoms with van der Waals surface area (Å²) in [5.41, 5.74) is 7.18. The highest BCUT2D eigenvalue weighted by atomic mass is 32.2. The summed E-state index contributed by atoms with van der Waals surface area (Å²) in [5, 5.41) is 1.75. The minimum atomic E-state index is 0.691. The van der Waals surface area contributed by atoms with E-state index in [9.17, 15) is 0 Å². The fourth-order valence-electron chi connectivity index (χ4n) is 1.28. The lowest BCUT2D eigenvalue weighted by molar-refractivity contribution is 0.599. The molecule has 1 aliphatic heterocycles. The summed E-state index contributed by atoms with van der Waals surface area (Å²) in [5.74, 6) is 0.691. The number of hydrogen-bond donors (Lipinski definition) is 1. The van der Waals surface area contributed by atoms with E-state index in [2.05, 4.69) is 20.8 Å². The van der Waals surface area contributed by atoms with Crippen LogP contribution in [0, 0.1) is 5.92 Å². The smallest absolute Gasteiger partial charge is 0.0649 e. The van der Waals surface area contributed by atoms with Gasteiger partial charge in [-0.05, 0) is 24.8 Å². The van der Waals surface area contributed by atoms with Crippen LogP contribution >= 0.6 is 11.8 Å². The molecule has 2 unspecified atom stereocenters. The van der Waals surface area contributed by atoms with Gasteiger partial charge in [-0.3, -0.25) is 0 Å². The van der Waals surface area contributed by atoms with Crippen LogP contribution in [0.3, 0.4) is 0 Å². The lowest BCUT2D eigenvalue weighted by atomic mass is 9.98. The van der Waals surface area contributed by atoms with Crippen LogP contribution in [0.25, 0.3) is 0 Å². The Bertz CT molecular complexity index is 163. The van der Waals surface area contributed by atoms with Crippen LogP contribution in [0.5, 0.6) is 0 Å². The summed E-state index contributed by atoms with van der Waals surface area (Å²) < 4.78 is 0. The van der Waals surface area contributed by atoms with Crippen molar-refractivity contribution >= 4 is 11.8 Å². The van der Waals surface area contributed by atoms with Gasteiger partial charge in [0, 0.05) is 5.25 Å². The van der Waals surface area contributed by atoms with Gasteiger partial charge in [-0.15, -0.1) is 11.8 Å². The van der Waals surface area contributed by atoms with Crippen molar-refractivity contribution in [1.82, 2.24) is 0 Å². The molecule has 10 heavy (non-hydrogen) atoms. The standard InChI is InChI=1S/C8H15NS/c1-5-4-6(2)10-8(9)7(5)3/h5-6H,4,9H2,1-3H3. The first-order valence-electron chi connectivity index (χ1n) is 3.74. The first-order valence-corrected chi connectivity index (χ1v) is 4.62. The topological polar surface area (TPSA) is 26.0 Å². The van der Waals surface area contributed by atoms with Crippen molar-refractivity contribution in [3.63, 3.8) is 0 Å². The second-order valence-corrected chi connectivity index (χ2v) is 4.59. The largest absolute Gasteiger partial charge is 0.394 e. The van der Waals surface area contributed by atoms with Crippen LogP contribution in [0.4, 0.5) is 0 Å². The predicted molar refractivity (Wildman–Crippen MR) is 47.7 cm³/mol. The van der Waals surface area contributed by atoms with E-state index in [-0.39, 0.29) is 0 Å². The second-order valence-electron chi connectivity index (χ2n) is 3.11. The van der Waals surface area contributed by atoms with Gasteiger partial charge in [0.1, 0.15) is 0 Å². The Morgan fingerprint density at radius 3 is 2.60 bits per heavy atom. The molecule has 1 rings (SSSR count). The van der Waals surface area contributed by atoms with E-state index in [4.69, 9.17) is 5.73 Å². The second kappa shape index (κ2) is 2.87. The number of allylic oxidation sites excluding steroid dienone is 1. The minimum absolute atomic E-state index is 0.691. The van der Waals surface area contributed by atoms with E-state index in [1.165, 1.54) is 12.0 Å². The SMILES string of the molecule is CC1=C(N)SC(C)CC1C. The predicted octanol–water partition coefficient (Wildman–Crippen LogP) is 2.34. The van der Waals surface area contributed by atoms with E-state index in [0.29, 0.717) is 11.2 Å². The summed E-state index contributed by atoms with van der Waals surface area (Å²) in [7, 11) is 0. The molecule has 0 fully saturated rings. The van der Waals surface area contributed by atoms with Crippen molar-refractivity contribution < 1.29 is 0 Å². The molecule has 1 heterocycles. The van der Waals surface area contributed by atoms with Crippen LogP contribution in [0.2, 0.25) is 0 Å². The van der Waals surface area contributed by atoms with Gasteiger partial charge in [0.05, 0.1) is 5.03 Å². The minimum Gasteiger partial charge on any atom is -0.394 e. The van der Waals surface area contributed by atoms with Crippen LogP contribution in [-0.2, 0) is 0 Å². The molecule has 1 nitrogen and oxygen atoms in total. The molecule has 2 heteroatoms. The Morgan fingerprint density at radius 2 is 2.10 bits per heavy atom. The quantitative estimate of drug-likeness (QED) is 0.584. The van der Waals surface area contributed by atoms with Gasteiger partial charge in [-0.2, -0.15) is 0 Å². The molecular formula is C8H15NS. The monoisotopic (exact) mass is 157 g/mol. The summed E-state index contributed by atoms with van der Waals surface area (Å²) in [6.45, 7) is 6.62. The number of hydrogen-bond acceptors (Lipinski definition) is 2. The zero-order valence-electron chi connectivity index (χ0n) is 6.85. The van der Waals surface area contributed by atoms with Crippen LogP contribution in [0.1, 0.15) is 27.2 Å². The van der Waals surface area contributed by atoms with Gasteiger partial charge in [0.25, 0.3) is 0 Å². The zero-order chi connectivity index (χ0) is 7.72. The Balaban J connectivity index is 2.74. The maximum atomic E-state index is 5.80. The molecule has 0 aromatic rings. The van der Waals surface area contributed by atoms with Crippen molar-refractivity contribution in [2.24, 2.45) is 11.7 Å². The van der Waals surface area contributed by atoms with Crippen LogP contribution < -0.4 is 5.73 Å². The Hall–Kier alpha value is -0.110. The first kappa shape index (κ1) is 7.99. The van der Waals surface area contributed by atoms with Gasteiger partial charge in [-0.1, -0.05) is 13.8 Å². The van der Waals surface area contributed by atoms with Gasteiger partial charge >= 0.3 is 0 Å². The van der Waals surface area contributed by atoms with Crippen molar-refractivity contribution in [2.45, 2.75) is 32.4 Å². The molecule has 0 aromatic carbocycles. The molecule has 1 aliphatic rings. The third-order valence-corrected chi connectivity index (χ3v) is 3.31. The summed E-state index contributed by atoms with van der Waals surface area (Å²) in [4.78, 5) is 0. The first-order chi connectivity index (χ1) is 4.61. The van der Waals surface area contributed by atoms with E-state index in [1.807, 2.05) is 11.8 Å². The van der Waals surface area contributed by atoms with Crippen LogP contribution in [-0.4, -0.2) is 5.25 Å². The number of thioether (sulfide) groups is 1. The highest BCUT2D eigenvalue weighted by molar-refractivity contribution is 8.03. The average Bonchev–Trinajstić information content (AvgIpc) is 1.82. The molecule has 2 N–H and O–H groups in total. The summed E-state index contributed by atoms with van der Waals surface area (Å²) >= 11 is 1.81. The van der Waals surface area contributed by atoms with Crippen molar-refractivity contribution in [3.8, 4) is 0 Å². The fraction of sp³-hybridized carbons (Fsp3) is 0.750. The van der Waals surface area contributed by atoms with Crippen molar-refractivity contribution in [1.29, 1.82) is 0 Å². The molecule has 2 atom stereocenters. The average molecular weight is 157 g/mol. The molecule has 0 radical (unpaired) electrons. The van der Waals surface area contributed by atoms with Crippen LogP contribution in [0.15, 0.2) is 10.6 Å². The molecule has 0 spiro atoms. The molecule has 0 saturated heterocycles. The maximum absolute atomic E-state index is 5.80. The lowest BCUT2D eigenvalue weighted by Gasteiger charge is -2.25. The normalized spacial score (nSPS) is 34.7. The van der Waals surface area contributed by atoms with Crippen molar-refractivity contribution in [2.75, 3.05) is 0 Å². The van der Waals surface area contributed by atoms with E-state index in [0.717, 1.165) is 5.03 Å². The fourth-order valence-corrected chi connectivity index (χ4v) is 2.48. The number of nitrogens with two attached hydrogens (primary N) is 1. The van der Waals surface area contributed by atoms with E-state index in [1.54, 1.807) is 0 Å². The molecule has 0 aliphatic carbocycles. The summed E-state index contributed by atoms with van der Waals surface area (Å²) in [6.07, 6.45) is 1.27. The Morgan fingerprint density at radius 1 is 1.50 bits per heavy atom. The molecule has 0 saturated carbocycles. The molecule has 58 valence electrons. The van der Waals surface area contributed by atoms with E-state index >= 15 is 0 Å². The van der Waals surface area contributed by atoms with Gasteiger partial charge in [-0.25, -0.2) is 0 Å². The highest BCUT2D eigenvalue weighted by Crippen LogP contribution is 2.35. The Kier molecular flexibility index (Phi) is 2.29.